The van der Waals surface area contributed by atoms with Crippen molar-refractivity contribution in [3.8, 4) is 11.5 Å². The van der Waals surface area contributed by atoms with Crippen LogP contribution in [-0.2, 0) is 17.8 Å². The van der Waals surface area contributed by atoms with E-state index in [0.29, 0.717) is 39.2 Å². The zero-order chi connectivity index (χ0) is 18.1. The normalized spacial score (nSPS) is 18.2. The molecule has 0 saturated carbocycles. The van der Waals surface area contributed by atoms with Gasteiger partial charge in [-0.15, -0.1) is 0 Å². The number of aromatic nitrogens is 1. The van der Waals surface area contributed by atoms with E-state index in [1.165, 1.54) is 11.3 Å². The van der Waals surface area contributed by atoms with E-state index in [4.69, 9.17) is 32.2 Å². The van der Waals surface area contributed by atoms with E-state index in [-0.39, 0.29) is 18.8 Å². The molecule has 2 aliphatic heterocycles. The number of nitrogens with one attached hydrogen (secondary N) is 1. The maximum Gasteiger partial charge on any atom is 0.265 e. The molecule has 1 fully saturated rings. The van der Waals surface area contributed by atoms with Gasteiger partial charge in [-0.05, 0) is 42.8 Å². The zero-order valence-corrected chi connectivity index (χ0v) is 15.7. The predicted octanol–water partition coefficient (Wildman–Crippen LogP) is 2.70. The highest BCUT2D eigenvalue weighted by molar-refractivity contribution is 7.73. The third kappa shape index (κ3) is 3.42. The molecule has 1 saturated heterocycles. The zero-order valence-electron chi connectivity index (χ0n) is 14.0. The second-order valence-corrected chi connectivity index (χ2v) is 7.84. The number of thiazole rings is 1. The predicted molar refractivity (Wildman–Crippen MR) is 100 cm³/mol. The van der Waals surface area contributed by atoms with Crippen molar-refractivity contribution in [3.63, 3.8) is 0 Å². The van der Waals surface area contributed by atoms with Crippen LogP contribution >= 0.6 is 23.6 Å². The highest BCUT2D eigenvalue weighted by Crippen LogP contribution is 2.32. The van der Waals surface area contributed by atoms with Crippen LogP contribution in [-0.4, -0.2) is 30.0 Å². The van der Waals surface area contributed by atoms with Gasteiger partial charge in [0.1, 0.15) is 10.7 Å². The van der Waals surface area contributed by atoms with Crippen LogP contribution in [0.3, 0.4) is 0 Å². The molecule has 1 unspecified atom stereocenters. The molecule has 3 heterocycles. The minimum Gasteiger partial charge on any atom is -0.454 e. The quantitative estimate of drug-likeness (QED) is 0.760. The third-order valence-electron chi connectivity index (χ3n) is 4.44. The summed E-state index contributed by atoms with van der Waals surface area (Å²) in [5.74, 6) is 1.57. The Balaban J connectivity index is 1.44. The lowest BCUT2D eigenvalue weighted by molar-refractivity contribution is 0.0946. The minimum absolute atomic E-state index is 0.114. The van der Waals surface area contributed by atoms with Crippen LogP contribution in [0.5, 0.6) is 11.5 Å². The van der Waals surface area contributed by atoms with Gasteiger partial charge in [-0.1, -0.05) is 17.4 Å². The molecule has 26 heavy (non-hydrogen) atoms. The van der Waals surface area contributed by atoms with E-state index in [1.54, 1.807) is 4.57 Å². The van der Waals surface area contributed by atoms with E-state index in [2.05, 4.69) is 5.32 Å². The molecule has 2 aromatic rings. The molecule has 1 atom stereocenters. The number of rotatable bonds is 5. The van der Waals surface area contributed by atoms with Gasteiger partial charge in [-0.25, -0.2) is 0 Å². The molecule has 1 aromatic heterocycles. The molecule has 0 spiro atoms. The van der Waals surface area contributed by atoms with Crippen molar-refractivity contribution in [2.24, 2.45) is 0 Å². The van der Waals surface area contributed by atoms with E-state index in [0.717, 1.165) is 25.0 Å². The summed E-state index contributed by atoms with van der Waals surface area (Å²) in [7, 11) is 0. The standard InChI is InChI=1S/C17H19N3O4S2/c18-15-14(26-17(25)20(15)8-11-2-1-5-22-11)16(21)19-7-10-3-4-12-13(6-10)24-9-23-12/h3-4,6,11H,1-2,5,7-9,18H2,(H,19,21). The number of nitrogens with two attached hydrogens (primary N) is 1. The van der Waals surface area contributed by atoms with Gasteiger partial charge in [-0.2, -0.15) is 0 Å². The van der Waals surface area contributed by atoms with Crippen LogP contribution < -0.4 is 20.5 Å². The molecule has 4 rings (SSSR count). The van der Waals surface area contributed by atoms with Crippen LogP contribution in [0.25, 0.3) is 0 Å². The van der Waals surface area contributed by atoms with Gasteiger partial charge in [0.2, 0.25) is 6.79 Å². The maximum absolute atomic E-state index is 12.5. The first-order valence-electron chi connectivity index (χ1n) is 8.39. The lowest BCUT2D eigenvalue weighted by atomic mass is 10.2. The van der Waals surface area contributed by atoms with Crippen molar-refractivity contribution >= 4 is 35.3 Å². The summed E-state index contributed by atoms with van der Waals surface area (Å²) in [6.45, 7) is 1.95. The lowest BCUT2D eigenvalue weighted by Gasteiger charge is -2.12. The molecular weight excluding hydrogens is 374 g/mol. The third-order valence-corrected chi connectivity index (χ3v) is 5.90. The first-order chi connectivity index (χ1) is 12.6. The Bertz CT molecular complexity index is 887. The van der Waals surface area contributed by atoms with Crippen molar-refractivity contribution < 1.29 is 19.0 Å². The summed E-state index contributed by atoms with van der Waals surface area (Å²) in [5.41, 5.74) is 7.10. The molecule has 0 radical (unpaired) electrons. The molecule has 0 bridgehead atoms. The molecule has 0 aliphatic carbocycles. The van der Waals surface area contributed by atoms with Gasteiger partial charge in [0.25, 0.3) is 5.91 Å². The number of hydrogen-bond acceptors (Lipinski definition) is 7. The van der Waals surface area contributed by atoms with Crippen molar-refractivity contribution in [1.82, 2.24) is 9.88 Å². The SMILES string of the molecule is Nc1c(C(=O)NCc2ccc3c(c2)OCO3)sc(=S)n1CC1CCCO1. The number of nitrogen functional groups attached to an aromatic ring is 1. The van der Waals surface area contributed by atoms with Gasteiger partial charge >= 0.3 is 0 Å². The van der Waals surface area contributed by atoms with Crippen LogP contribution in [0.2, 0.25) is 0 Å². The van der Waals surface area contributed by atoms with Gasteiger partial charge in [0, 0.05) is 13.2 Å². The Hall–Kier alpha value is -2.10. The number of ether oxygens (including phenoxy) is 3. The molecule has 3 N–H and O–H groups in total. The number of carbonyl (C=O) groups is 1. The Labute approximate surface area is 159 Å². The topological polar surface area (TPSA) is 87.7 Å². The number of fused-ring (bicyclic) bond motifs is 1. The number of amides is 1. The molecule has 138 valence electrons. The second kappa shape index (κ2) is 7.26. The Kier molecular flexibility index (Phi) is 4.84. The highest BCUT2D eigenvalue weighted by Gasteiger charge is 2.22. The molecule has 9 heteroatoms. The van der Waals surface area contributed by atoms with Gasteiger partial charge in [-0.3, -0.25) is 4.79 Å². The Morgan fingerprint density at radius 3 is 3.04 bits per heavy atom. The fourth-order valence-electron chi connectivity index (χ4n) is 3.06. The number of nitrogens with zero attached hydrogens (tertiary/aromatic N) is 1. The van der Waals surface area contributed by atoms with E-state index >= 15 is 0 Å². The summed E-state index contributed by atoms with van der Waals surface area (Å²) in [4.78, 5) is 13.0. The molecule has 7 nitrogen and oxygen atoms in total. The van der Waals surface area contributed by atoms with E-state index in [9.17, 15) is 4.79 Å². The summed E-state index contributed by atoms with van der Waals surface area (Å²) >= 11 is 6.61. The average molecular weight is 393 g/mol. The number of anilines is 1. The van der Waals surface area contributed by atoms with E-state index < -0.39 is 0 Å². The van der Waals surface area contributed by atoms with Gasteiger partial charge in [0.15, 0.2) is 15.5 Å². The fourth-order valence-corrected chi connectivity index (χ4v) is 4.32. The fraction of sp³-hybridized carbons (Fsp3) is 0.412. The van der Waals surface area contributed by atoms with Crippen LogP contribution in [0.15, 0.2) is 18.2 Å². The number of carbonyl (C=O) groups excluding carboxylic acids is 1. The average Bonchev–Trinajstić information content (AvgIpc) is 3.36. The van der Waals surface area contributed by atoms with Crippen molar-refractivity contribution in [3.05, 3.63) is 32.6 Å². The smallest absolute Gasteiger partial charge is 0.265 e. The van der Waals surface area contributed by atoms with Crippen LogP contribution in [0.4, 0.5) is 5.82 Å². The highest BCUT2D eigenvalue weighted by atomic mass is 32.1. The summed E-state index contributed by atoms with van der Waals surface area (Å²) in [5, 5.41) is 2.89. The second-order valence-electron chi connectivity index (χ2n) is 6.20. The first kappa shape index (κ1) is 17.3. The maximum atomic E-state index is 12.5. The number of benzene rings is 1. The van der Waals surface area contributed by atoms with Crippen LogP contribution in [0, 0.1) is 3.95 Å². The molecule has 1 amide bonds. The van der Waals surface area contributed by atoms with Crippen molar-refractivity contribution in [2.75, 3.05) is 19.1 Å². The molecule has 2 aliphatic rings. The van der Waals surface area contributed by atoms with Gasteiger partial charge in [0.05, 0.1) is 12.6 Å². The van der Waals surface area contributed by atoms with Crippen molar-refractivity contribution in [1.29, 1.82) is 0 Å². The monoisotopic (exact) mass is 393 g/mol. The summed E-state index contributed by atoms with van der Waals surface area (Å²) < 4.78 is 18.7. The van der Waals surface area contributed by atoms with E-state index in [1.807, 2.05) is 18.2 Å². The summed E-state index contributed by atoms with van der Waals surface area (Å²) in [6.07, 6.45) is 2.15. The largest absolute Gasteiger partial charge is 0.454 e. The van der Waals surface area contributed by atoms with Gasteiger partial charge < -0.3 is 29.8 Å². The first-order valence-corrected chi connectivity index (χ1v) is 9.61. The number of hydrogen-bond donors (Lipinski definition) is 2. The lowest BCUT2D eigenvalue weighted by Crippen LogP contribution is -2.24. The van der Waals surface area contributed by atoms with Crippen LogP contribution in [0.1, 0.15) is 28.1 Å². The molecular formula is C17H19N3O4S2. The van der Waals surface area contributed by atoms with Crippen molar-refractivity contribution in [2.45, 2.75) is 32.0 Å². The summed E-state index contributed by atoms with van der Waals surface area (Å²) in [6, 6.07) is 5.58. The molecule has 1 aromatic carbocycles. The minimum atomic E-state index is -0.234. The Morgan fingerprint density at radius 1 is 1.38 bits per heavy atom. The Morgan fingerprint density at radius 2 is 2.23 bits per heavy atom.